The molecule has 1 aliphatic rings. The van der Waals surface area contributed by atoms with Gasteiger partial charge in [-0.15, -0.1) is 0 Å². The van der Waals surface area contributed by atoms with Crippen LogP contribution in [0.1, 0.15) is 23.1 Å². The van der Waals surface area contributed by atoms with E-state index in [-0.39, 0.29) is 5.91 Å². The number of aryl methyl sites for hydroxylation is 2. The molecule has 3 rings (SSSR count). The fraction of sp³-hybridized carbons (Fsp3) is 0.238. The number of carbonyl (C=O) groups is 1. The van der Waals surface area contributed by atoms with E-state index in [4.69, 9.17) is 9.47 Å². The van der Waals surface area contributed by atoms with Gasteiger partial charge in [0.05, 0.1) is 14.2 Å². The molecule has 26 heavy (non-hydrogen) atoms. The molecular weight excluding hydrogens is 328 g/mol. The minimum atomic E-state index is -0.200. The van der Waals surface area contributed by atoms with Crippen LogP contribution in [0.3, 0.4) is 0 Å². The summed E-state index contributed by atoms with van der Waals surface area (Å²) in [6, 6.07) is 13.8. The highest BCUT2D eigenvalue weighted by molar-refractivity contribution is 6.14. The van der Waals surface area contributed by atoms with Gasteiger partial charge in [0.15, 0.2) is 0 Å². The van der Waals surface area contributed by atoms with Crippen molar-refractivity contribution in [3.63, 3.8) is 0 Å². The second kappa shape index (κ2) is 7.87. The van der Waals surface area contributed by atoms with Crippen molar-refractivity contribution < 1.29 is 14.3 Å². The highest BCUT2D eigenvalue weighted by Gasteiger charge is 2.20. The number of ether oxygens (including phenoxy) is 2. The first-order valence-corrected chi connectivity index (χ1v) is 8.47. The molecule has 2 aromatic carbocycles. The lowest BCUT2D eigenvalue weighted by molar-refractivity contribution is -0.115. The molecule has 0 bridgehead atoms. The van der Waals surface area contributed by atoms with Crippen molar-refractivity contribution in [1.29, 1.82) is 0 Å². The van der Waals surface area contributed by atoms with Gasteiger partial charge < -0.3 is 14.8 Å². The fourth-order valence-corrected chi connectivity index (χ4v) is 2.87. The summed E-state index contributed by atoms with van der Waals surface area (Å²) >= 11 is 0. The first kappa shape index (κ1) is 17.7. The number of aliphatic imine (C=N–C) groups is 1. The summed E-state index contributed by atoms with van der Waals surface area (Å²) in [5, 5.41) is 2.85. The minimum Gasteiger partial charge on any atom is -0.497 e. The number of carbonyl (C=O) groups excluding carboxylic acids is 1. The fourth-order valence-electron chi connectivity index (χ4n) is 2.87. The first-order valence-electron chi connectivity index (χ1n) is 8.47. The lowest BCUT2D eigenvalue weighted by atomic mass is 10.1. The second-order valence-corrected chi connectivity index (χ2v) is 6.14. The van der Waals surface area contributed by atoms with E-state index in [0.29, 0.717) is 29.5 Å². The Hall–Kier alpha value is -3.08. The Morgan fingerprint density at radius 2 is 1.92 bits per heavy atom. The SMILES string of the molecule is COc1ccc(OC)c(/C=C2\N=C(CCc3cccc(C)c3)NC2=O)c1. The molecule has 0 saturated carbocycles. The van der Waals surface area contributed by atoms with Gasteiger partial charge in [-0.2, -0.15) is 0 Å². The van der Waals surface area contributed by atoms with E-state index < -0.39 is 0 Å². The number of amidine groups is 1. The van der Waals surface area contributed by atoms with Crippen LogP contribution in [-0.4, -0.2) is 26.0 Å². The third kappa shape index (κ3) is 4.11. The molecule has 2 aromatic rings. The van der Waals surface area contributed by atoms with Crippen LogP contribution in [0.5, 0.6) is 11.5 Å². The van der Waals surface area contributed by atoms with Crippen molar-refractivity contribution in [2.45, 2.75) is 19.8 Å². The molecule has 0 aromatic heterocycles. The quantitative estimate of drug-likeness (QED) is 0.811. The number of methoxy groups -OCH3 is 2. The van der Waals surface area contributed by atoms with Crippen LogP contribution in [0.4, 0.5) is 0 Å². The molecule has 0 saturated heterocycles. The van der Waals surface area contributed by atoms with Gasteiger partial charge in [-0.05, 0) is 43.2 Å². The summed E-state index contributed by atoms with van der Waals surface area (Å²) in [7, 11) is 3.19. The van der Waals surface area contributed by atoms with E-state index in [2.05, 4.69) is 35.4 Å². The molecule has 0 atom stereocenters. The molecule has 0 fully saturated rings. The Morgan fingerprint density at radius 3 is 2.65 bits per heavy atom. The largest absolute Gasteiger partial charge is 0.497 e. The van der Waals surface area contributed by atoms with Crippen LogP contribution in [0, 0.1) is 6.92 Å². The molecule has 0 unspecified atom stereocenters. The van der Waals surface area contributed by atoms with E-state index in [1.54, 1.807) is 26.4 Å². The molecule has 1 N–H and O–H groups in total. The smallest absolute Gasteiger partial charge is 0.275 e. The zero-order chi connectivity index (χ0) is 18.5. The van der Waals surface area contributed by atoms with Gasteiger partial charge in [0.2, 0.25) is 0 Å². The third-order valence-electron chi connectivity index (χ3n) is 4.21. The molecule has 1 heterocycles. The van der Waals surface area contributed by atoms with Gasteiger partial charge in [-0.3, -0.25) is 4.79 Å². The molecule has 134 valence electrons. The van der Waals surface area contributed by atoms with Crippen LogP contribution in [-0.2, 0) is 11.2 Å². The summed E-state index contributed by atoms with van der Waals surface area (Å²) in [6.45, 7) is 2.07. The Labute approximate surface area is 153 Å². The lowest BCUT2D eigenvalue weighted by Gasteiger charge is -2.07. The Balaban J connectivity index is 1.78. The molecule has 5 heteroatoms. The van der Waals surface area contributed by atoms with Crippen molar-refractivity contribution >= 4 is 17.8 Å². The van der Waals surface area contributed by atoms with Crippen molar-refractivity contribution in [1.82, 2.24) is 5.32 Å². The van der Waals surface area contributed by atoms with Gasteiger partial charge in [-0.25, -0.2) is 4.99 Å². The predicted molar refractivity (Wildman–Crippen MR) is 103 cm³/mol. The number of nitrogens with one attached hydrogen (secondary N) is 1. The number of hydrogen-bond acceptors (Lipinski definition) is 4. The van der Waals surface area contributed by atoms with E-state index >= 15 is 0 Å². The van der Waals surface area contributed by atoms with Gasteiger partial charge in [-0.1, -0.05) is 29.8 Å². The summed E-state index contributed by atoms with van der Waals surface area (Å²) in [4.78, 5) is 16.7. The summed E-state index contributed by atoms with van der Waals surface area (Å²) in [6.07, 6.45) is 3.23. The third-order valence-corrected chi connectivity index (χ3v) is 4.21. The van der Waals surface area contributed by atoms with Gasteiger partial charge in [0.25, 0.3) is 5.91 Å². The maximum Gasteiger partial charge on any atom is 0.275 e. The molecule has 0 radical (unpaired) electrons. The number of nitrogens with zero attached hydrogens (tertiary/aromatic N) is 1. The van der Waals surface area contributed by atoms with Crippen molar-refractivity contribution in [2.24, 2.45) is 4.99 Å². The lowest BCUT2D eigenvalue weighted by Crippen LogP contribution is -2.24. The van der Waals surface area contributed by atoms with Gasteiger partial charge >= 0.3 is 0 Å². The van der Waals surface area contributed by atoms with Gasteiger partial charge in [0, 0.05) is 12.0 Å². The zero-order valence-electron chi connectivity index (χ0n) is 15.2. The van der Waals surface area contributed by atoms with E-state index in [0.717, 1.165) is 12.0 Å². The average molecular weight is 350 g/mol. The highest BCUT2D eigenvalue weighted by atomic mass is 16.5. The molecule has 0 spiro atoms. The van der Waals surface area contributed by atoms with Crippen LogP contribution in [0.2, 0.25) is 0 Å². The normalized spacial score (nSPS) is 15.0. The van der Waals surface area contributed by atoms with Crippen LogP contribution in [0.15, 0.2) is 53.2 Å². The minimum absolute atomic E-state index is 0.200. The molecule has 5 nitrogen and oxygen atoms in total. The molecule has 1 amide bonds. The maximum atomic E-state index is 12.2. The Kier molecular flexibility index (Phi) is 5.37. The van der Waals surface area contributed by atoms with Crippen molar-refractivity contribution in [3.8, 4) is 11.5 Å². The molecule has 0 aliphatic carbocycles. The Bertz CT molecular complexity index is 885. The highest BCUT2D eigenvalue weighted by Crippen LogP contribution is 2.27. The second-order valence-electron chi connectivity index (χ2n) is 6.14. The van der Waals surface area contributed by atoms with Gasteiger partial charge in [0.1, 0.15) is 23.0 Å². The van der Waals surface area contributed by atoms with Crippen LogP contribution < -0.4 is 14.8 Å². The van der Waals surface area contributed by atoms with E-state index in [1.165, 1.54) is 11.1 Å². The number of rotatable bonds is 6. The number of benzene rings is 2. The average Bonchev–Trinajstić information content (AvgIpc) is 2.99. The number of amides is 1. The van der Waals surface area contributed by atoms with Crippen molar-refractivity contribution in [3.05, 3.63) is 64.9 Å². The van der Waals surface area contributed by atoms with E-state index in [1.807, 2.05) is 18.2 Å². The zero-order valence-corrected chi connectivity index (χ0v) is 15.2. The summed E-state index contributed by atoms with van der Waals surface area (Å²) in [5.41, 5.74) is 3.58. The van der Waals surface area contributed by atoms with Crippen LogP contribution in [0.25, 0.3) is 6.08 Å². The maximum absolute atomic E-state index is 12.2. The topological polar surface area (TPSA) is 59.9 Å². The number of hydrogen-bond donors (Lipinski definition) is 1. The molecular formula is C21H22N2O3. The predicted octanol–water partition coefficient (Wildman–Crippen LogP) is 3.51. The standard InChI is InChI=1S/C21H22N2O3/c1-14-5-4-6-15(11-14)7-10-20-22-18(21(24)23-20)13-16-12-17(25-2)8-9-19(16)26-3/h4-6,8-9,11-13H,7,10H2,1-3H3,(H,22,23,24)/b18-13-. The monoisotopic (exact) mass is 350 g/mol. The summed E-state index contributed by atoms with van der Waals surface area (Å²) in [5.74, 6) is 1.84. The summed E-state index contributed by atoms with van der Waals surface area (Å²) < 4.78 is 10.6. The van der Waals surface area contributed by atoms with E-state index in [9.17, 15) is 4.79 Å². The van der Waals surface area contributed by atoms with Crippen LogP contribution >= 0.6 is 0 Å². The molecule has 1 aliphatic heterocycles. The first-order chi connectivity index (χ1) is 12.6. The Morgan fingerprint density at radius 1 is 1.08 bits per heavy atom. The van der Waals surface area contributed by atoms with Crippen molar-refractivity contribution in [2.75, 3.05) is 14.2 Å².